The molecule has 3 fully saturated rings. The second-order valence-electron chi connectivity index (χ2n) is 4.08. The highest BCUT2D eigenvalue weighted by Crippen LogP contribution is 2.22. The van der Waals surface area contributed by atoms with Crippen LogP contribution in [0.15, 0.2) is 0 Å². The molecule has 3 aliphatic heterocycles. The van der Waals surface area contributed by atoms with Crippen molar-refractivity contribution in [3.63, 3.8) is 0 Å². The van der Waals surface area contributed by atoms with Crippen molar-refractivity contribution in [1.82, 2.24) is 4.90 Å². The first-order valence-corrected chi connectivity index (χ1v) is 4.27. The lowest BCUT2D eigenvalue weighted by molar-refractivity contribution is -0.945. The van der Waals surface area contributed by atoms with Gasteiger partial charge in [-0.2, -0.15) is 0 Å². The molecule has 0 aromatic heterocycles. The highest BCUT2D eigenvalue weighted by atomic mass is 15.5. The van der Waals surface area contributed by atoms with Gasteiger partial charge in [0.2, 0.25) is 0 Å². The lowest BCUT2D eigenvalue weighted by Crippen LogP contribution is -2.69. The molecule has 3 heterocycles. The molecule has 0 saturated carbocycles. The summed E-state index contributed by atoms with van der Waals surface area (Å²) in [6, 6.07) is 0.877. The van der Waals surface area contributed by atoms with Gasteiger partial charge < -0.3 is 4.48 Å². The molecule has 58 valence electrons. The van der Waals surface area contributed by atoms with Crippen LogP contribution in [0.25, 0.3) is 0 Å². The molecule has 3 aliphatic rings. The third-order valence-electron chi connectivity index (χ3n) is 3.44. The molecule has 0 aromatic rings. The van der Waals surface area contributed by atoms with Crippen molar-refractivity contribution in [2.24, 2.45) is 0 Å². The summed E-state index contributed by atoms with van der Waals surface area (Å²) in [7, 11) is 2.40. The zero-order valence-corrected chi connectivity index (χ0v) is 7.01. The normalized spacial score (nSPS) is 53.4. The predicted molar refractivity (Wildman–Crippen MR) is 41.8 cm³/mol. The minimum absolute atomic E-state index is 0.877. The van der Waals surface area contributed by atoms with E-state index in [-0.39, 0.29) is 0 Å². The Bertz CT molecular complexity index is 136. The lowest BCUT2D eigenvalue weighted by Gasteiger charge is -2.52. The summed E-state index contributed by atoms with van der Waals surface area (Å²) in [5.41, 5.74) is 0. The number of rotatable bonds is 0. The maximum Gasteiger partial charge on any atom is 0.0989 e. The molecule has 1 unspecified atom stereocenters. The van der Waals surface area contributed by atoms with Crippen molar-refractivity contribution in [1.29, 1.82) is 0 Å². The molecule has 0 N–H and O–H groups in total. The number of fused-ring (bicyclic) bond motifs is 3. The van der Waals surface area contributed by atoms with Gasteiger partial charge in [-0.25, -0.2) is 0 Å². The molecule has 0 amide bonds. The average Bonchev–Trinajstić information content (AvgIpc) is 1.92. The smallest absolute Gasteiger partial charge is 0.0989 e. The Balaban J connectivity index is 2.17. The van der Waals surface area contributed by atoms with Gasteiger partial charge in [0.1, 0.15) is 0 Å². The van der Waals surface area contributed by atoms with Crippen molar-refractivity contribution >= 4 is 0 Å². The molecule has 2 bridgehead atoms. The van der Waals surface area contributed by atoms with E-state index in [0.29, 0.717) is 0 Å². The van der Waals surface area contributed by atoms with Crippen LogP contribution in [0.2, 0.25) is 0 Å². The third-order valence-corrected chi connectivity index (χ3v) is 3.44. The molecule has 0 aliphatic carbocycles. The van der Waals surface area contributed by atoms with Gasteiger partial charge >= 0.3 is 0 Å². The van der Waals surface area contributed by atoms with Crippen LogP contribution in [0.3, 0.4) is 0 Å². The van der Waals surface area contributed by atoms with Crippen LogP contribution >= 0.6 is 0 Å². The summed E-state index contributed by atoms with van der Waals surface area (Å²) < 4.78 is 1.33. The maximum atomic E-state index is 2.59. The van der Waals surface area contributed by atoms with Gasteiger partial charge in [-0.15, -0.1) is 0 Å². The summed E-state index contributed by atoms with van der Waals surface area (Å²) in [4.78, 5) is 2.59. The van der Waals surface area contributed by atoms with Gasteiger partial charge in [0.15, 0.2) is 0 Å². The number of hydrogen-bond acceptors (Lipinski definition) is 1. The van der Waals surface area contributed by atoms with Crippen LogP contribution in [-0.2, 0) is 0 Å². The van der Waals surface area contributed by atoms with E-state index >= 15 is 0 Å². The van der Waals surface area contributed by atoms with Gasteiger partial charge in [0, 0.05) is 13.1 Å². The molecule has 1 atom stereocenters. The van der Waals surface area contributed by atoms with Crippen LogP contribution in [0.5, 0.6) is 0 Å². The van der Waals surface area contributed by atoms with Crippen LogP contribution < -0.4 is 0 Å². The Hall–Kier alpha value is -0.0800. The molecular weight excluding hydrogens is 124 g/mol. The minimum atomic E-state index is 0.877. The number of nitrogens with zero attached hydrogens (tertiary/aromatic N) is 2. The maximum absolute atomic E-state index is 2.59. The molecule has 0 radical (unpaired) electrons. The van der Waals surface area contributed by atoms with Crippen LogP contribution in [0.1, 0.15) is 6.92 Å². The molecule has 0 aromatic carbocycles. The van der Waals surface area contributed by atoms with E-state index in [0.717, 1.165) is 6.04 Å². The SMILES string of the molecule is CC1CN2CC[N+]1(C)CC2. The minimum Gasteiger partial charge on any atom is -0.321 e. The topological polar surface area (TPSA) is 3.24 Å². The quantitative estimate of drug-likeness (QED) is 0.434. The first-order chi connectivity index (χ1) is 4.71. The van der Waals surface area contributed by atoms with Crippen LogP contribution in [0, 0.1) is 0 Å². The first-order valence-electron chi connectivity index (χ1n) is 4.27. The Morgan fingerprint density at radius 3 is 2.20 bits per heavy atom. The average molecular weight is 141 g/mol. The Labute approximate surface area is 63.0 Å². The van der Waals surface area contributed by atoms with Gasteiger partial charge in [-0.05, 0) is 6.92 Å². The van der Waals surface area contributed by atoms with E-state index in [2.05, 4.69) is 18.9 Å². The molecule has 3 rings (SSSR count). The number of quaternary nitrogens is 1. The Morgan fingerprint density at radius 2 is 1.90 bits per heavy atom. The van der Waals surface area contributed by atoms with E-state index < -0.39 is 0 Å². The third kappa shape index (κ3) is 0.789. The standard InChI is InChI=1S/C8H17N2/c1-8-7-9-3-5-10(8,2)6-4-9/h8H,3-7H2,1-2H3/q+1. The van der Waals surface area contributed by atoms with Crippen LogP contribution in [0.4, 0.5) is 0 Å². The second kappa shape index (κ2) is 1.95. The van der Waals surface area contributed by atoms with E-state index in [9.17, 15) is 0 Å². The summed E-state index contributed by atoms with van der Waals surface area (Å²) in [6.45, 7) is 9.13. The zero-order valence-electron chi connectivity index (χ0n) is 7.01. The summed E-state index contributed by atoms with van der Waals surface area (Å²) in [5, 5.41) is 0. The lowest BCUT2D eigenvalue weighted by atomic mass is 10.1. The van der Waals surface area contributed by atoms with Gasteiger partial charge in [-0.1, -0.05) is 0 Å². The molecule has 2 nitrogen and oxygen atoms in total. The summed E-state index contributed by atoms with van der Waals surface area (Å²) in [6.07, 6.45) is 0. The number of hydrogen-bond donors (Lipinski definition) is 0. The van der Waals surface area contributed by atoms with E-state index in [1.807, 2.05) is 0 Å². The van der Waals surface area contributed by atoms with Gasteiger partial charge in [0.05, 0.1) is 32.7 Å². The highest BCUT2D eigenvalue weighted by molar-refractivity contribution is 4.74. The highest BCUT2D eigenvalue weighted by Gasteiger charge is 2.40. The van der Waals surface area contributed by atoms with E-state index in [1.165, 1.54) is 37.2 Å². The molecule has 2 heteroatoms. The first kappa shape index (κ1) is 6.62. The van der Waals surface area contributed by atoms with Crippen molar-refractivity contribution in [2.45, 2.75) is 13.0 Å². The van der Waals surface area contributed by atoms with Crippen LogP contribution in [-0.4, -0.2) is 55.2 Å². The molecule has 0 spiro atoms. The van der Waals surface area contributed by atoms with Crippen molar-refractivity contribution in [3.05, 3.63) is 0 Å². The fourth-order valence-corrected chi connectivity index (χ4v) is 2.16. The Morgan fingerprint density at radius 1 is 1.30 bits per heavy atom. The fourth-order valence-electron chi connectivity index (χ4n) is 2.16. The number of likely N-dealkylation sites (N-methyl/N-ethyl adjacent to an activating group) is 1. The predicted octanol–water partition coefficient (Wildman–Crippen LogP) is 0.151. The van der Waals surface area contributed by atoms with Crippen molar-refractivity contribution in [2.75, 3.05) is 39.8 Å². The summed E-state index contributed by atoms with van der Waals surface area (Å²) >= 11 is 0. The fraction of sp³-hybridized carbons (Fsp3) is 1.00. The number of piperazine rings is 3. The van der Waals surface area contributed by atoms with E-state index in [1.54, 1.807) is 0 Å². The molecular formula is C8H17N2+. The largest absolute Gasteiger partial charge is 0.321 e. The zero-order chi connectivity index (χ0) is 7.19. The van der Waals surface area contributed by atoms with Gasteiger partial charge in [0.25, 0.3) is 0 Å². The Kier molecular flexibility index (Phi) is 1.29. The van der Waals surface area contributed by atoms with Crippen molar-refractivity contribution in [3.8, 4) is 0 Å². The molecule has 10 heavy (non-hydrogen) atoms. The van der Waals surface area contributed by atoms with Crippen molar-refractivity contribution < 1.29 is 4.48 Å². The molecule has 3 saturated heterocycles. The summed E-state index contributed by atoms with van der Waals surface area (Å²) in [5.74, 6) is 0. The monoisotopic (exact) mass is 141 g/mol. The van der Waals surface area contributed by atoms with Gasteiger partial charge in [-0.3, -0.25) is 4.90 Å². The van der Waals surface area contributed by atoms with E-state index in [4.69, 9.17) is 0 Å². The second-order valence-corrected chi connectivity index (χ2v) is 4.08.